The van der Waals surface area contributed by atoms with Crippen molar-refractivity contribution in [3.63, 3.8) is 0 Å². The van der Waals surface area contributed by atoms with Gasteiger partial charge >= 0.3 is 0 Å². The predicted octanol–water partition coefficient (Wildman–Crippen LogP) is 5.06. The van der Waals surface area contributed by atoms with Gasteiger partial charge in [0.2, 0.25) is 0 Å². The van der Waals surface area contributed by atoms with Gasteiger partial charge in [0.25, 0.3) is 0 Å². The monoisotopic (exact) mass is 246 g/mol. The summed E-state index contributed by atoms with van der Waals surface area (Å²) in [5, 5.41) is 0.731. The van der Waals surface area contributed by atoms with E-state index in [1.165, 1.54) is 11.1 Å². The maximum absolute atomic E-state index is 5.91. The van der Waals surface area contributed by atoms with Gasteiger partial charge < -0.3 is 4.74 Å². The quantitative estimate of drug-likeness (QED) is 0.720. The van der Waals surface area contributed by atoms with Gasteiger partial charge in [0, 0.05) is 5.02 Å². The van der Waals surface area contributed by atoms with E-state index in [1.54, 1.807) is 0 Å². The SMILES string of the molecule is Cc1ccc(Oc2ccc(Cl)cc2C)cc1C. The highest BCUT2D eigenvalue weighted by Gasteiger charge is 2.03. The number of halogens is 1. The third-order valence-corrected chi connectivity index (χ3v) is 3.08. The van der Waals surface area contributed by atoms with Gasteiger partial charge in [0.15, 0.2) is 0 Å². The van der Waals surface area contributed by atoms with E-state index in [9.17, 15) is 0 Å². The third-order valence-electron chi connectivity index (χ3n) is 2.84. The van der Waals surface area contributed by atoms with Gasteiger partial charge in [-0.25, -0.2) is 0 Å². The molecule has 0 unspecified atom stereocenters. The first-order chi connectivity index (χ1) is 8.06. The Morgan fingerprint density at radius 1 is 0.824 bits per heavy atom. The zero-order chi connectivity index (χ0) is 12.4. The van der Waals surface area contributed by atoms with Crippen LogP contribution in [0.1, 0.15) is 16.7 Å². The molecule has 0 aliphatic carbocycles. The van der Waals surface area contributed by atoms with Crippen LogP contribution in [0.25, 0.3) is 0 Å². The molecule has 0 heterocycles. The Balaban J connectivity index is 2.28. The van der Waals surface area contributed by atoms with E-state index in [2.05, 4.69) is 19.9 Å². The van der Waals surface area contributed by atoms with Gasteiger partial charge in [-0.05, 0) is 67.8 Å². The molecular weight excluding hydrogens is 232 g/mol. The highest BCUT2D eigenvalue weighted by Crippen LogP contribution is 2.28. The highest BCUT2D eigenvalue weighted by atomic mass is 35.5. The number of hydrogen-bond donors (Lipinski definition) is 0. The van der Waals surface area contributed by atoms with Gasteiger partial charge in [0.1, 0.15) is 11.5 Å². The second-order valence-electron chi connectivity index (χ2n) is 4.26. The normalized spacial score (nSPS) is 10.4. The molecule has 2 aromatic rings. The lowest BCUT2D eigenvalue weighted by Crippen LogP contribution is -1.89. The van der Waals surface area contributed by atoms with E-state index in [1.807, 2.05) is 37.3 Å². The molecule has 0 fully saturated rings. The maximum atomic E-state index is 5.91. The summed E-state index contributed by atoms with van der Waals surface area (Å²) in [4.78, 5) is 0. The predicted molar refractivity (Wildman–Crippen MR) is 72.2 cm³/mol. The van der Waals surface area contributed by atoms with Gasteiger partial charge in [-0.15, -0.1) is 0 Å². The van der Waals surface area contributed by atoms with Crippen molar-refractivity contribution in [2.24, 2.45) is 0 Å². The van der Waals surface area contributed by atoms with Crippen LogP contribution in [0, 0.1) is 20.8 Å². The van der Waals surface area contributed by atoms with E-state index >= 15 is 0 Å². The minimum atomic E-state index is 0.731. The maximum Gasteiger partial charge on any atom is 0.130 e. The molecule has 0 aliphatic rings. The van der Waals surface area contributed by atoms with Crippen molar-refractivity contribution in [2.75, 3.05) is 0 Å². The first-order valence-electron chi connectivity index (χ1n) is 5.57. The molecule has 17 heavy (non-hydrogen) atoms. The Morgan fingerprint density at radius 3 is 2.24 bits per heavy atom. The fraction of sp³-hybridized carbons (Fsp3) is 0.200. The molecule has 2 heteroatoms. The Kier molecular flexibility index (Phi) is 3.39. The van der Waals surface area contributed by atoms with Crippen LogP contribution in [0.3, 0.4) is 0 Å². The number of benzene rings is 2. The number of aryl methyl sites for hydroxylation is 3. The fourth-order valence-electron chi connectivity index (χ4n) is 1.63. The molecule has 0 saturated carbocycles. The first-order valence-corrected chi connectivity index (χ1v) is 5.95. The van der Waals surface area contributed by atoms with E-state index in [-0.39, 0.29) is 0 Å². The van der Waals surface area contributed by atoms with Crippen LogP contribution in [0.5, 0.6) is 11.5 Å². The van der Waals surface area contributed by atoms with Gasteiger partial charge in [-0.2, -0.15) is 0 Å². The van der Waals surface area contributed by atoms with Crippen molar-refractivity contribution in [2.45, 2.75) is 20.8 Å². The Morgan fingerprint density at radius 2 is 1.59 bits per heavy atom. The van der Waals surface area contributed by atoms with Crippen molar-refractivity contribution in [1.82, 2.24) is 0 Å². The van der Waals surface area contributed by atoms with Crippen LogP contribution >= 0.6 is 11.6 Å². The molecule has 88 valence electrons. The second-order valence-corrected chi connectivity index (χ2v) is 4.69. The minimum absolute atomic E-state index is 0.731. The van der Waals surface area contributed by atoms with Crippen molar-refractivity contribution in [3.05, 3.63) is 58.1 Å². The minimum Gasteiger partial charge on any atom is -0.457 e. The summed E-state index contributed by atoms with van der Waals surface area (Å²) in [6.45, 7) is 6.16. The van der Waals surface area contributed by atoms with Crippen molar-refractivity contribution in [3.8, 4) is 11.5 Å². The molecule has 2 aromatic carbocycles. The van der Waals surface area contributed by atoms with E-state index in [4.69, 9.17) is 16.3 Å². The molecule has 2 rings (SSSR count). The van der Waals surface area contributed by atoms with Gasteiger partial charge in [-0.1, -0.05) is 17.7 Å². The van der Waals surface area contributed by atoms with Crippen molar-refractivity contribution in [1.29, 1.82) is 0 Å². The zero-order valence-corrected chi connectivity index (χ0v) is 11.0. The lowest BCUT2D eigenvalue weighted by molar-refractivity contribution is 0.478. The molecule has 0 saturated heterocycles. The molecule has 0 aromatic heterocycles. The largest absolute Gasteiger partial charge is 0.457 e. The Labute approximate surface area is 107 Å². The molecule has 0 spiro atoms. The smallest absolute Gasteiger partial charge is 0.130 e. The number of hydrogen-bond acceptors (Lipinski definition) is 1. The van der Waals surface area contributed by atoms with Gasteiger partial charge in [-0.3, -0.25) is 0 Å². The van der Waals surface area contributed by atoms with Crippen molar-refractivity contribution >= 4 is 11.6 Å². The third kappa shape index (κ3) is 2.80. The molecule has 0 amide bonds. The average molecular weight is 247 g/mol. The molecule has 0 aliphatic heterocycles. The average Bonchev–Trinajstić information content (AvgIpc) is 2.27. The Bertz CT molecular complexity index is 547. The Hall–Kier alpha value is -1.47. The number of rotatable bonds is 2. The highest BCUT2D eigenvalue weighted by molar-refractivity contribution is 6.30. The standard InChI is InChI=1S/C15H15ClO/c1-10-4-6-14(9-11(10)2)17-15-7-5-13(16)8-12(15)3/h4-9H,1-3H3. The first kappa shape index (κ1) is 12.0. The topological polar surface area (TPSA) is 9.23 Å². The summed E-state index contributed by atoms with van der Waals surface area (Å²) in [6, 6.07) is 11.7. The van der Waals surface area contributed by atoms with Crippen LogP contribution in [0.4, 0.5) is 0 Å². The second kappa shape index (κ2) is 4.80. The summed E-state index contributed by atoms with van der Waals surface area (Å²) >= 11 is 5.91. The molecular formula is C15H15ClO. The molecule has 0 radical (unpaired) electrons. The summed E-state index contributed by atoms with van der Waals surface area (Å²) in [7, 11) is 0. The van der Waals surface area contributed by atoms with Crippen LogP contribution in [-0.4, -0.2) is 0 Å². The number of ether oxygens (including phenoxy) is 1. The molecule has 0 bridgehead atoms. The van der Waals surface area contributed by atoms with Gasteiger partial charge in [0.05, 0.1) is 0 Å². The van der Waals surface area contributed by atoms with Crippen LogP contribution in [-0.2, 0) is 0 Å². The van der Waals surface area contributed by atoms with Crippen molar-refractivity contribution < 1.29 is 4.74 Å². The molecule has 1 nitrogen and oxygen atoms in total. The van der Waals surface area contributed by atoms with Crippen LogP contribution in [0.15, 0.2) is 36.4 Å². The molecule has 0 N–H and O–H groups in total. The molecule has 0 atom stereocenters. The van der Waals surface area contributed by atoms with E-state index in [0.717, 1.165) is 22.1 Å². The summed E-state index contributed by atoms with van der Waals surface area (Å²) < 4.78 is 5.84. The summed E-state index contributed by atoms with van der Waals surface area (Å²) in [5.41, 5.74) is 3.54. The van der Waals surface area contributed by atoms with E-state index < -0.39 is 0 Å². The summed E-state index contributed by atoms with van der Waals surface area (Å²) in [5.74, 6) is 1.70. The summed E-state index contributed by atoms with van der Waals surface area (Å²) in [6.07, 6.45) is 0. The lowest BCUT2D eigenvalue weighted by atomic mass is 10.1. The fourth-order valence-corrected chi connectivity index (χ4v) is 1.86. The lowest BCUT2D eigenvalue weighted by Gasteiger charge is -2.10. The van der Waals surface area contributed by atoms with E-state index in [0.29, 0.717) is 0 Å². The zero-order valence-electron chi connectivity index (χ0n) is 10.3. The van der Waals surface area contributed by atoms with Crippen LogP contribution in [0.2, 0.25) is 5.02 Å². The van der Waals surface area contributed by atoms with Crippen LogP contribution < -0.4 is 4.74 Å².